The number of carbonyl (C=O) groups is 4. The van der Waals surface area contributed by atoms with Gasteiger partial charge in [-0.3, -0.25) is 29.2 Å². The normalized spacial score (nSPS) is 34.8. The summed E-state index contributed by atoms with van der Waals surface area (Å²) < 4.78 is 11.5. The zero-order chi connectivity index (χ0) is 42.1. The largest absolute Gasteiger partial charge is 0.481 e. The fraction of sp³-hybridized carbons (Fsp3) is 0.723. The van der Waals surface area contributed by atoms with Crippen molar-refractivity contribution in [1.29, 1.82) is 0 Å². The van der Waals surface area contributed by atoms with Gasteiger partial charge in [0.15, 0.2) is 5.78 Å². The number of hydrazine groups is 1. The summed E-state index contributed by atoms with van der Waals surface area (Å²) in [6.45, 7) is 22.3. The van der Waals surface area contributed by atoms with Gasteiger partial charge in [0, 0.05) is 42.6 Å². The van der Waals surface area contributed by atoms with Crippen LogP contribution in [0.2, 0.25) is 0 Å². The maximum atomic E-state index is 14.5. The third-order valence-electron chi connectivity index (χ3n) is 16.8. The summed E-state index contributed by atoms with van der Waals surface area (Å²) in [6.07, 6.45) is 12.0. The van der Waals surface area contributed by atoms with Crippen LogP contribution in [0.25, 0.3) is 0 Å². The Bertz CT molecular complexity index is 1830. The monoisotopic (exact) mass is 788 g/mol. The summed E-state index contributed by atoms with van der Waals surface area (Å²) in [5, 5.41) is 13.9. The van der Waals surface area contributed by atoms with Crippen molar-refractivity contribution in [3.8, 4) is 5.88 Å². The Morgan fingerprint density at radius 2 is 1.70 bits per heavy atom. The lowest BCUT2D eigenvalue weighted by Crippen LogP contribution is -2.66. The van der Waals surface area contributed by atoms with Gasteiger partial charge >= 0.3 is 11.9 Å². The van der Waals surface area contributed by atoms with Crippen LogP contribution < -0.4 is 9.75 Å². The van der Waals surface area contributed by atoms with Crippen molar-refractivity contribution in [2.45, 2.75) is 140 Å². The van der Waals surface area contributed by atoms with E-state index < -0.39 is 22.8 Å². The summed E-state index contributed by atoms with van der Waals surface area (Å²) in [5.41, 5.74) is 1.94. The molecule has 10 heteroatoms. The lowest BCUT2D eigenvalue weighted by Gasteiger charge is -2.72. The highest BCUT2D eigenvalue weighted by molar-refractivity contribution is 6.01. The number of nitrogens with zero attached hydrogens (tertiary/aromatic N) is 3. The Morgan fingerprint density at radius 3 is 2.28 bits per heavy atom. The van der Waals surface area contributed by atoms with Gasteiger partial charge < -0.3 is 14.6 Å². The van der Waals surface area contributed by atoms with E-state index in [0.29, 0.717) is 30.7 Å². The van der Waals surface area contributed by atoms with Crippen molar-refractivity contribution < 1.29 is 33.8 Å². The average Bonchev–Trinajstić information content (AvgIpc) is 3.45. The third-order valence-corrected chi connectivity index (χ3v) is 16.8. The number of aliphatic carboxylic acids is 1. The number of hydrogen-bond acceptors (Lipinski definition) is 9. The topological polar surface area (TPSA) is 126 Å². The molecule has 4 fully saturated rings. The summed E-state index contributed by atoms with van der Waals surface area (Å²) in [6, 6.07) is 3.81. The Kier molecular flexibility index (Phi) is 11.2. The molecule has 5 aliphatic carbocycles. The highest BCUT2D eigenvalue weighted by Gasteiger charge is 2.70. The Balaban J connectivity index is 1.36. The summed E-state index contributed by atoms with van der Waals surface area (Å²) in [5.74, 6) is 0.363. The molecule has 6 rings (SSSR count). The molecule has 4 saturated carbocycles. The number of rotatable bonds is 12. The second-order valence-electron chi connectivity index (χ2n) is 20.5. The predicted octanol–water partition coefficient (Wildman–Crippen LogP) is 9.24. The van der Waals surface area contributed by atoms with Crippen molar-refractivity contribution in [1.82, 2.24) is 9.99 Å². The molecule has 1 heterocycles. The molecule has 1 aromatic rings. The number of carboxylic acids is 1. The SMILES string of the molecule is CCN(/C(=C\C=O)C12CC[C@]3(C)C(CCC4C5(C)CCC(OC(=O)CC(C)(C)C(=O)O)C(C)(C)C5CCC43C)C1=C(C(C)C)C(=O)C2)N(C)c1ccc(OC)nc1. The molecule has 0 aliphatic heterocycles. The Hall–Kier alpha value is -3.69. The number of fused-ring (bicyclic) bond motifs is 7. The second-order valence-corrected chi connectivity index (χ2v) is 20.5. The maximum Gasteiger partial charge on any atom is 0.309 e. The van der Waals surface area contributed by atoms with Crippen LogP contribution in [0.15, 0.2) is 41.2 Å². The van der Waals surface area contributed by atoms with Gasteiger partial charge in [0.25, 0.3) is 0 Å². The zero-order valence-electron chi connectivity index (χ0n) is 36.8. The Morgan fingerprint density at radius 1 is 1.00 bits per heavy atom. The number of esters is 1. The smallest absolute Gasteiger partial charge is 0.309 e. The lowest BCUT2D eigenvalue weighted by molar-refractivity contribution is -0.233. The third kappa shape index (κ3) is 6.54. The number of carboxylic acid groups (broad SMARTS) is 1. The molecule has 10 nitrogen and oxygen atoms in total. The van der Waals surface area contributed by atoms with Crippen LogP contribution in [-0.4, -0.2) is 65.9 Å². The van der Waals surface area contributed by atoms with Crippen molar-refractivity contribution in [3.05, 3.63) is 41.2 Å². The van der Waals surface area contributed by atoms with Crippen molar-refractivity contribution in [3.63, 3.8) is 0 Å². The number of allylic oxidation sites excluding steroid dienone is 3. The van der Waals surface area contributed by atoms with E-state index in [2.05, 4.69) is 70.4 Å². The quantitative estimate of drug-likeness (QED) is 0.0948. The highest BCUT2D eigenvalue weighted by atomic mass is 16.5. The van der Waals surface area contributed by atoms with Gasteiger partial charge in [0.2, 0.25) is 5.88 Å². The molecular weight excluding hydrogens is 719 g/mol. The molecule has 1 N–H and O–H groups in total. The molecule has 1 aromatic heterocycles. The van der Waals surface area contributed by atoms with Crippen LogP contribution in [-0.2, 0) is 23.9 Å². The van der Waals surface area contributed by atoms with Crippen molar-refractivity contribution in [2.24, 2.45) is 56.2 Å². The minimum absolute atomic E-state index is 0.00367. The predicted molar refractivity (Wildman–Crippen MR) is 221 cm³/mol. The number of Topliss-reactive ketones (excluding diaryl/α,β-unsaturated/α-hetero) is 1. The van der Waals surface area contributed by atoms with E-state index >= 15 is 0 Å². The van der Waals surface area contributed by atoms with Crippen LogP contribution >= 0.6 is 0 Å². The van der Waals surface area contributed by atoms with Crippen molar-refractivity contribution in [2.75, 3.05) is 25.7 Å². The summed E-state index contributed by atoms with van der Waals surface area (Å²) in [4.78, 5) is 56.6. The van der Waals surface area contributed by atoms with Gasteiger partial charge in [-0.05, 0) is 135 Å². The van der Waals surface area contributed by atoms with E-state index in [-0.39, 0.29) is 51.8 Å². The standard InChI is InChI=1S/C47H69N3O7/c1-13-50(49(11)30-14-17-37(56-12)48-28-30)35(20-25-51)47-24-23-45(9)31(40(47)39(29(2)3)32(52)26-47)15-16-34-44(8)21-19-36(57-38(53)27-42(4,5)41(54)55)43(6,7)33(44)18-22-46(34,45)10/h14,17,20,25,28-29,31,33-34,36H,13,15-16,18-19,21-24,26-27H2,1-12H3,(H,54,55)/b35-20-/t31?,33?,34?,36?,44?,45-,46?,47?/m1/s1. The Labute approximate surface area is 341 Å². The van der Waals surface area contributed by atoms with E-state index in [1.165, 1.54) is 5.57 Å². The number of ketones is 1. The number of anilines is 1. The highest BCUT2D eigenvalue weighted by Crippen LogP contribution is 2.77. The molecule has 5 aliphatic rings. The number of pyridine rings is 1. The number of hydrogen-bond donors (Lipinski definition) is 1. The van der Waals surface area contributed by atoms with E-state index in [4.69, 9.17) is 9.47 Å². The van der Waals surface area contributed by atoms with E-state index in [1.807, 2.05) is 19.2 Å². The molecule has 8 atom stereocenters. The molecule has 0 spiro atoms. The van der Waals surface area contributed by atoms with Gasteiger partial charge in [-0.1, -0.05) is 48.5 Å². The lowest BCUT2D eigenvalue weighted by atomic mass is 9.33. The number of aromatic nitrogens is 1. The first-order chi connectivity index (χ1) is 26.6. The molecule has 314 valence electrons. The summed E-state index contributed by atoms with van der Waals surface area (Å²) >= 11 is 0. The number of carbonyl (C=O) groups excluding carboxylic acids is 3. The maximum absolute atomic E-state index is 14.5. The average molecular weight is 788 g/mol. The second kappa shape index (κ2) is 14.8. The fourth-order valence-corrected chi connectivity index (χ4v) is 13.7. The number of ether oxygens (including phenoxy) is 2. The molecule has 0 amide bonds. The molecular formula is C47H69N3O7. The van der Waals surface area contributed by atoms with Gasteiger partial charge in [-0.25, -0.2) is 4.98 Å². The minimum atomic E-state index is -1.18. The van der Waals surface area contributed by atoms with Crippen molar-refractivity contribution >= 4 is 29.7 Å². The van der Waals surface area contributed by atoms with Crippen LogP contribution in [0.5, 0.6) is 5.88 Å². The summed E-state index contributed by atoms with van der Waals surface area (Å²) in [7, 11) is 3.60. The van der Waals surface area contributed by atoms with E-state index in [1.54, 1.807) is 33.2 Å². The first-order valence-corrected chi connectivity index (χ1v) is 21.5. The van der Waals surface area contributed by atoms with Gasteiger partial charge in [0.05, 0.1) is 30.8 Å². The van der Waals surface area contributed by atoms with Crippen LogP contribution in [0.4, 0.5) is 5.69 Å². The molecule has 0 bridgehead atoms. The molecule has 0 radical (unpaired) electrons. The number of methoxy groups -OCH3 is 1. The van der Waals surface area contributed by atoms with E-state index in [0.717, 1.165) is 74.6 Å². The first-order valence-electron chi connectivity index (χ1n) is 21.5. The van der Waals surface area contributed by atoms with E-state index in [9.17, 15) is 24.3 Å². The molecule has 0 aromatic carbocycles. The molecule has 7 unspecified atom stereocenters. The minimum Gasteiger partial charge on any atom is -0.481 e. The van der Waals surface area contributed by atoms with Crippen LogP contribution in [0, 0.1) is 56.2 Å². The fourth-order valence-electron chi connectivity index (χ4n) is 13.7. The van der Waals surface area contributed by atoms with Crippen LogP contribution in [0.3, 0.4) is 0 Å². The van der Waals surface area contributed by atoms with Gasteiger partial charge in [0.1, 0.15) is 12.4 Å². The molecule has 57 heavy (non-hydrogen) atoms. The number of aldehydes is 1. The van der Waals surface area contributed by atoms with Gasteiger partial charge in [-0.2, -0.15) is 0 Å². The first kappa shape index (κ1) is 42.9. The molecule has 0 saturated heterocycles. The van der Waals surface area contributed by atoms with Crippen LogP contribution in [0.1, 0.15) is 133 Å². The van der Waals surface area contributed by atoms with Gasteiger partial charge in [-0.15, -0.1) is 0 Å². The zero-order valence-corrected chi connectivity index (χ0v) is 36.8.